The number of aryl methyl sites for hydroxylation is 1. The van der Waals surface area contributed by atoms with Crippen LogP contribution in [0.2, 0.25) is 0 Å². The van der Waals surface area contributed by atoms with Crippen molar-refractivity contribution in [1.82, 2.24) is 0 Å². The van der Waals surface area contributed by atoms with E-state index in [1.807, 2.05) is 0 Å². The van der Waals surface area contributed by atoms with E-state index in [9.17, 15) is 23.1 Å². The van der Waals surface area contributed by atoms with E-state index in [1.54, 1.807) is 18.3 Å². The number of sulfone groups is 1. The lowest BCUT2D eigenvalue weighted by Gasteiger charge is -2.17. The molecule has 1 unspecified atom stereocenters. The van der Waals surface area contributed by atoms with E-state index >= 15 is 0 Å². The molecule has 0 saturated carbocycles. The van der Waals surface area contributed by atoms with Crippen LogP contribution in [-0.4, -0.2) is 39.0 Å². The van der Waals surface area contributed by atoms with Gasteiger partial charge in [0, 0.05) is 17.4 Å². The average molecular weight is 395 g/mol. The van der Waals surface area contributed by atoms with Crippen molar-refractivity contribution in [2.24, 2.45) is 0 Å². The largest absolute Gasteiger partial charge is 0.872 e. The number of ether oxygens (including phenoxy) is 1. The Labute approximate surface area is 156 Å². The summed E-state index contributed by atoms with van der Waals surface area (Å²) in [4.78, 5) is 23.9. The monoisotopic (exact) mass is 395 g/mol. The third-order valence-corrected chi connectivity index (χ3v) is 6.78. The van der Waals surface area contributed by atoms with Crippen molar-refractivity contribution in [3.05, 3.63) is 39.2 Å². The Morgan fingerprint density at radius 1 is 1.37 bits per heavy atom. The summed E-state index contributed by atoms with van der Waals surface area (Å²) < 4.78 is 33.2. The molecule has 1 fully saturated rings. The maximum atomic E-state index is 12.3. The number of carbonyl (C=O) groups is 1. The standard InChI is InChI=1S/C18H21NO7S/c1-10-12-3-4-15(20)14(8-19-11-5-6-27(23,24)9-11)17(12)26-18(22)13(10)7-16(21)25-2/h3-4,11,19-20H,5-9H2,1-2H3. The zero-order chi connectivity index (χ0) is 19.8. The van der Waals surface area contributed by atoms with Crippen molar-refractivity contribution >= 4 is 26.8 Å². The van der Waals surface area contributed by atoms with Gasteiger partial charge in [-0.25, -0.2) is 13.2 Å². The van der Waals surface area contributed by atoms with Crippen LogP contribution >= 0.6 is 0 Å². The molecule has 0 amide bonds. The van der Waals surface area contributed by atoms with Crippen LogP contribution < -0.4 is 16.0 Å². The summed E-state index contributed by atoms with van der Waals surface area (Å²) in [6.07, 6.45) is 0.328. The van der Waals surface area contributed by atoms with Gasteiger partial charge >= 0.3 is 11.6 Å². The summed E-state index contributed by atoms with van der Waals surface area (Å²) in [5.74, 6) is -0.596. The number of carbonyl (C=O) groups excluding carboxylic acids is 1. The van der Waals surface area contributed by atoms with Gasteiger partial charge in [0.05, 0.1) is 24.8 Å². The van der Waals surface area contributed by atoms with Gasteiger partial charge in [0.15, 0.2) is 9.84 Å². The fourth-order valence-electron chi connectivity index (χ4n) is 3.40. The van der Waals surface area contributed by atoms with Crippen molar-refractivity contribution in [1.29, 1.82) is 0 Å². The summed E-state index contributed by atoms with van der Waals surface area (Å²) in [5, 5.41) is 14.7. The molecule has 9 heteroatoms. The predicted octanol–water partition coefficient (Wildman–Crippen LogP) is -0.859. The molecular formula is C18H21NO7S. The lowest BCUT2D eigenvalue weighted by Crippen LogP contribution is -2.89. The topological polar surface area (TPSA) is 130 Å². The van der Waals surface area contributed by atoms with Crippen molar-refractivity contribution in [2.45, 2.75) is 32.4 Å². The fourth-order valence-corrected chi connectivity index (χ4v) is 5.18. The van der Waals surface area contributed by atoms with Crippen LogP contribution in [0.3, 0.4) is 0 Å². The van der Waals surface area contributed by atoms with Gasteiger partial charge in [-0.1, -0.05) is 17.9 Å². The molecule has 1 aromatic carbocycles. The Kier molecular flexibility index (Phi) is 5.25. The van der Waals surface area contributed by atoms with Crippen molar-refractivity contribution in [3.63, 3.8) is 0 Å². The van der Waals surface area contributed by atoms with Gasteiger partial charge in [0.1, 0.15) is 23.9 Å². The minimum absolute atomic E-state index is 0.0816. The first-order valence-corrected chi connectivity index (χ1v) is 10.4. The van der Waals surface area contributed by atoms with Gasteiger partial charge in [0.25, 0.3) is 0 Å². The summed E-state index contributed by atoms with van der Waals surface area (Å²) in [5.41, 5.74) is 0.596. The molecule has 2 aromatic rings. The third kappa shape index (κ3) is 3.98. The average Bonchev–Trinajstić information content (AvgIpc) is 2.96. The van der Waals surface area contributed by atoms with Crippen LogP contribution in [0, 0.1) is 6.92 Å². The fraction of sp³-hybridized carbons (Fsp3) is 0.444. The molecule has 2 heterocycles. The molecule has 0 radical (unpaired) electrons. The van der Waals surface area contributed by atoms with E-state index in [4.69, 9.17) is 4.42 Å². The first-order chi connectivity index (χ1) is 12.7. The summed E-state index contributed by atoms with van der Waals surface area (Å²) in [6, 6.07) is 2.85. The Morgan fingerprint density at radius 2 is 2.11 bits per heavy atom. The molecule has 8 nitrogen and oxygen atoms in total. The number of hydrogen-bond donors (Lipinski definition) is 1. The Morgan fingerprint density at radius 3 is 2.74 bits per heavy atom. The van der Waals surface area contributed by atoms with Crippen LogP contribution in [0.1, 0.15) is 23.1 Å². The molecule has 146 valence electrons. The highest BCUT2D eigenvalue weighted by Gasteiger charge is 2.30. The van der Waals surface area contributed by atoms with E-state index in [2.05, 4.69) is 4.74 Å². The minimum atomic E-state index is -3.01. The number of nitrogens with two attached hydrogens (primary N) is 1. The molecule has 3 rings (SSSR count). The van der Waals surface area contributed by atoms with Crippen molar-refractivity contribution in [3.8, 4) is 5.75 Å². The van der Waals surface area contributed by atoms with E-state index in [0.717, 1.165) is 0 Å². The second kappa shape index (κ2) is 7.32. The summed E-state index contributed by atoms with van der Waals surface area (Å²) >= 11 is 0. The van der Waals surface area contributed by atoms with Gasteiger partial charge < -0.3 is 19.6 Å². The normalized spacial score (nSPS) is 18.7. The summed E-state index contributed by atoms with van der Waals surface area (Å²) in [7, 11) is -1.77. The van der Waals surface area contributed by atoms with Crippen LogP contribution in [0.5, 0.6) is 5.75 Å². The number of rotatable bonds is 5. The second-order valence-electron chi connectivity index (χ2n) is 6.77. The molecule has 1 aliphatic heterocycles. The first kappa shape index (κ1) is 19.4. The van der Waals surface area contributed by atoms with Gasteiger partial charge in [-0.15, -0.1) is 0 Å². The number of fused-ring (bicyclic) bond motifs is 1. The van der Waals surface area contributed by atoms with Gasteiger partial charge in [-0.2, -0.15) is 0 Å². The third-order valence-electron chi connectivity index (χ3n) is 4.99. The van der Waals surface area contributed by atoms with Crippen LogP contribution in [-0.2, 0) is 32.3 Å². The maximum absolute atomic E-state index is 12.3. The number of methoxy groups -OCH3 is 1. The van der Waals surface area contributed by atoms with Crippen molar-refractivity contribution < 1.29 is 32.8 Å². The highest BCUT2D eigenvalue weighted by Crippen LogP contribution is 2.27. The van der Waals surface area contributed by atoms with Crippen LogP contribution in [0.25, 0.3) is 11.0 Å². The Balaban J connectivity index is 1.97. The highest BCUT2D eigenvalue weighted by atomic mass is 32.2. The molecule has 0 aliphatic carbocycles. The van der Waals surface area contributed by atoms with Gasteiger partial charge in [-0.05, 0) is 12.5 Å². The second-order valence-corrected chi connectivity index (χ2v) is 9.00. The number of hydrogen-bond acceptors (Lipinski definition) is 7. The van der Waals surface area contributed by atoms with Crippen LogP contribution in [0.15, 0.2) is 21.3 Å². The Bertz CT molecular complexity index is 1060. The van der Waals surface area contributed by atoms with E-state index in [-0.39, 0.29) is 47.4 Å². The molecule has 2 N–H and O–H groups in total. The van der Waals surface area contributed by atoms with Gasteiger partial charge in [-0.3, -0.25) is 4.79 Å². The van der Waals surface area contributed by atoms with E-state index in [1.165, 1.54) is 13.2 Å². The molecule has 1 aromatic heterocycles. The Hall–Kier alpha value is -2.39. The quantitative estimate of drug-likeness (QED) is 0.515. The van der Waals surface area contributed by atoms with Gasteiger partial charge in [0.2, 0.25) is 0 Å². The molecule has 0 bridgehead atoms. The van der Waals surface area contributed by atoms with E-state index < -0.39 is 21.4 Å². The first-order valence-electron chi connectivity index (χ1n) is 8.57. The minimum Gasteiger partial charge on any atom is -0.872 e. The summed E-state index contributed by atoms with van der Waals surface area (Å²) in [6.45, 7) is 1.91. The molecule has 1 aliphatic rings. The van der Waals surface area contributed by atoms with E-state index in [0.29, 0.717) is 22.9 Å². The number of esters is 1. The number of benzene rings is 1. The molecular weight excluding hydrogens is 374 g/mol. The molecule has 1 atom stereocenters. The molecule has 1 saturated heterocycles. The number of quaternary nitrogens is 1. The zero-order valence-corrected chi connectivity index (χ0v) is 15.9. The lowest BCUT2D eigenvalue weighted by molar-refractivity contribution is -0.699. The predicted molar refractivity (Wildman–Crippen MR) is 95.1 cm³/mol. The SMILES string of the molecule is COC(=O)Cc1c(C)c2ccc([O-])c(C[NH2+]C3CCS(=O)(=O)C3)c2oc1=O. The lowest BCUT2D eigenvalue weighted by atomic mass is 10.0. The molecule has 0 spiro atoms. The molecule has 27 heavy (non-hydrogen) atoms. The highest BCUT2D eigenvalue weighted by molar-refractivity contribution is 7.91. The van der Waals surface area contributed by atoms with Crippen molar-refractivity contribution in [2.75, 3.05) is 18.6 Å². The smallest absolute Gasteiger partial charge is 0.340 e. The zero-order valence-electron chi connectivity index (χ0n) is 15.1. The van der Waals surface area contributed by atoms with Crippen LogP contribution in [0.4, 0.5) is 0 Å². The maximum Gasteiger partial charge on any atom is 0.340 e.